The minimum atomic E-state index is -0.243. The Morgan fingerprint density at radius 1 is 1.22 bits per heavy atom. The van der Waals surface area contributed by atoms with E-state index in [0.717, 1.165) is 28.2 Å². The van der Waals surface area contributed by atoms with Gasteiger partial charge in [0, 0.05) is 18.7 Å². The van der Waals surface area contributed by atoms with Gasteiger partial charge in [0.25, 0.3) is 0 Å². The quantitative estimate of drug-likeness (QED) is 0.747. The molecule has 0 saturated carbocycles. The van der Waals surface area contributed by atoms with Crippen molar-refractivity contribution in [2.75, 3.05) is 13.9 Å². The van der Waals surface area contributed by atoms with E-state index in [-0.39, 0.29) is 12.9 Å². The van der Waals surface area contributed by atoms with Crippen molar-refractivity contribution >= 4 is 17.1 Å². The molecule has 1 atom stereocenters. The Morgan fingerprint density at radius 2 is 2.13 bits per heavy atom. The Balaban J connectivity index is 1.62. The molecule has 1 aliphatic heterocycles. The van der Waals surface area contributed by atoms with Crippen LogP contribution in [0.2, 0.25) is 0 Å². The number of aromatic nitrogens is 2. The summed E-state index contributed by atoms with van der Waals surface area (Å²) >= 11 is 0. The fourth-order valence-electron chi connectivity index (χ4n) is 2.59. The molecule has 0 aliphatic carbocycles. The van der Waals surface area contributed by atoms with E-state index in [0.29, 0.717) is 5.75 Å². The fourth-order valence-corrected chi connectivity index (χ4v) is 2.59. The first kappa shape index (κ1) is 13.8. The molecule has 0 spiro atoms. The Kier molecular flexibility index (Phi) is 3.48. The van der Waals surface area contributed by atoms with Crippen LogP contribution in [-0.2, 0) is 4.74 Å². The first-order valence-electron chi connectivity index (χ1n) is 7.39. The predicted molar refractivity (Wildman–Crippen MR) is 87.4 cm³/mol. The lowest BCUT2D eigenvalue weighted by Gasteiger charge is -2.20. The first-order valence-corrected chi connectivity index (χ1v) is 7.39. The maximum Gasteiger partial charge on any atom is 0.188 e. The zero-order valence-electron chi connectivity index (χ0n) is 12.7. The normalized spacial score (nSPS) is 16.1. The van der Waals surface area contributed by atoms with Crippen molar-refractivity contribution < 1.29 is 14.2 Å². The Labute approximate surface area is 133 Å². The lowest BCUT2D eigenvalue weighted by Crippen LogP contribution is -2.10. The van der Waals surface area contributed by atoms with Gasteiger partial charge in [-0.05, 0) is 30.3 Å². The van der Waals surface area contributed by atoms with Crippen LogP contribution in [-0.4, -0.2) is 23.9 Å². The van der Waals surface area contributed by atoms with Crippen molar-refractivity contribution in [3.05, 3.63) is 59.9 Å². The number of methoxy groups -OCH3 is 1. The molecule has 3 aromatic rings. The molecule has 5 heteroatoms. The third-order valence-corrected chi connectivity index (χ3v) is 3.71. The standard InChI is InChI=1S/C18H16N2O3/c1-21-11-22-13-8-6-12-7-9-16(23-17(12)10-13)18-19-14-4-2-3-5-15(14)20-18/h2-10,16H,11H2,1H3,(H,19,20). The summed E-state index contributed by atoms with van der Waals surface area (Å²) < 4.78 is 16.4. The van der Waals surface area contributed by atoms with Crippen molar-refractivity contribution in [2.24, 2.45) is 0 Å². The third-order valence-electron chi connectivity index (χ3n) is 3.71. The summed E-state index contributed by atoms with van der Waals surface area (Å²) in [6.45, 7) is 0.210. The van der Waals surface area contributed by atoms with Gasteiger partial charge in [-0.3, -0.25) is 0 Å². The molecule has 1 unspecified atom stereocenters. The summed E-state index contributed by atoms with van der Waals surface area (Å²) in [4.78, 5) is 7.90. The molecule has 1 N–H and O–H groups in total. The van der Waals surface area contributed by atoms with E-state index >= 15 is 0 Å². The van der Waals surface area contributed by atoms with Crippen molar-refractivity contribution in [3.8, 4) is 11.5 Å². The predicted octanol–water partition coefficient (Wildman–Crippen LogP) is 3.69. The number of benzene rings is 2. The van der Waals surface area contributed by atoms with E-state index in [1.54, 1.807) is 7.11 Å². The molecule has 1 aromatic heterocycles. The number of fused-ring (bicyclic) bond motifs is 2. The molecule has 0 fully saturated rings. The highest BCUT2D eigenvalue weighted by Gasteiger charge is 2.20. The molecule has 0 amide bonds. The van der Waals surface area contributed by atoms with E-state index in [2.05, 4.69) is 9.97 Å². The topological polar surface area (TPSA) is 56.4 Å². The van der Waals surface area contributed by atoms with Crippen LogP contribution in [0.5, 0.6) is 11.5 Å². The molecule has 2 heterocycles. The van der Waals surface area contributed by atoms with Gasteiger partial charge in [0.1, 0.15) is 11.5 Å². The summed E-state index contributed by atoms with van der Waals surface area (Å²) in [5.41, 5.74) is 2.95. The van der Waals surface area contributed by atoms with Crippen LogP contribution in [0.4, 0.5) is 0 Å². The Morgan fingerprint density at radius 3 is 3.00 bits per heavy atom. The van der Waals surface area contributed by atoms with Crippen molar-refractivity contribution in [1.82, 2.24) is 9.97 Å². The first-order chi connectivity index (χ1) is 11.3. The molecule has 0 radical (unpaired) electrons. The molecule has 4 rings (SSSR count). The second kappa shape index (κ2) is 5.78. The fraction of sp³-hybridized carbons (Fsp3) is 0.167. The number of hydrogen-bond acceptors (Lipinski definition) is 4. The lowest BCUT2D eigenvalue weighted by atomic mass is 10.1. The largest absolute Gasteiger partial charge is 0.478 e. The van der Waals surface area contributed by atoms with Crippen molar-refractivity contribution in [3.63, 3.8) is 0 Å². The molecule has 116 valence electrons. The summed E-state index contributed by atoms with van der Waals surface area (Å²) in [6, 6.07) is 13.7. The Hall–Kier alpha value is -2.79. The second-order valence-electron chi connectivity index (χ2n) is 5.29. The molecule has 23 heavy (non-hydrogen) atoms. The molecule has 1 aliphatic rings. The van der Waals surface area contributed by atoms with Gasteiger partial charge in [-0.15, -0.1) is 0 Å². The molecule has 0 bridgehead atoms. The number of aromatic amines is 1. The third kappa shape index (κ3) is 2.66. The van der Waals surface area contributed by atoms with Gasteiger partial charge in [-0.1, -0.05) is 18.2 Å². The van der Waals surface area contributed by atoms with Crippen LogP contribution in [0.25, 0.3) is 17.1 Å². The zero-order valence-corrected chi connectivity index (χ0v) is 12.7. The van der Waals surface area contributed by atoms with Crippen LogP contribution < -0.4 is 9.47 Å². The smallest absolute Gasteiger partial charge is 0.188 e. The van der Waals surface area contributed by atoms with Gasteiger partial charge < -0.3 is 19.2 Å². The van der Waals surface area contributed by atoms with Crippen LogP contribution in [0.1, 0.15) is 17.5 Å². The van der Waals surface area contributed by atoms with E-state index in [9.17, 15) is 0 Å². The highest BCUT2D eigenvalue weighted by Crippen LogP contribution is 2.34. The van der Waals surface area contributed by atoms with Gasteiger partial charge in [0.15, 0.2) is 18.7 Å². The minimum Gasteiger partial charge on any atom is -0.478 e. The Bertz CT molecular complexity index is 837. The van der Waals surface area contributed by atoms with Crippen molar-refractivity contribution in [2.45, 2.75) is 6.10 Å². The van der Waals surface area contributed by atoms with Gasteiger partial charge in [-0.2, -0.15) is 0 Å². The highest BCUT2D eigenvalue weighted by atomic mass is 16.7. The monoisotopic (exact) mass is 308 g/mol. The number of nitrogens with zero attached hydrogens (tertiary/aromatic N) is 1. The van der Waals surface area contributed by atoms with E-state index in [1.807, 2.05) is 54.6 Å². The number of para-hydroxylation sites is 2. The lowest BCUT2D eigenvalue weighted by molar-refractivity contribution is 0.0508. The average molecular weight is 308 g/mol. The van der Waals surface area contributed by atoms with Crippen molar-refractivity contribution in [1.29, 1.82) is 0 Å². The molecule has 5 nitrogen and oxygen atoms in total. The molecular weight excluding hydrogens is 292 g/mol. The number of nitrogens with one attached hydrogen (secondary N) is 1. The summed E-state index contributed by atoms with van der Waals surface area (Å²) in [5.74, 6) is 2.27. The van der Waals surface area contributed by atoms with Crippen LogP contribution in [0, 0.1) is 0 Å². The van der Waals surface area contributed by atoms with Gasteiger partial charge in [-0.25, -0.2) is 4.98 Å². The summed E-state index contributed by atoms with van der Waals surface area (Å²) in [5, 5.41) is 0. The highest BCUT2D eigenvalue weighted by molar-refractivity contribution is 5.75. The number of rotatable bonds is 4. The van der Waals surface area contributed by atoms with Gasteiger partial charge in [0.2, 0.25) is 0 Å². The maximum atomic E-state index is 6.07. The van der Waals surface area contributed by atoms with Gasteiger partial charge in [0.05, 0.1) is 11.0 Å². The van der Waals surface area contributed by atoms with Crippen LogP contribution in [0.3, 0.4) is 0 Å². The maximum absolute atomic E-state index is 6.07. The van der Waals surface area contributed by atoms with Gasteiger partial charge >= 0.3 is 0 Å². The minimum absolute atomic E-state index is 0.210. The van der Waals surface area contributed by atoms with Crippen LogP contribution >= 0.6 is 0 Å². The number of imidazole rings is 1. The number of ether oxygens (including phenoxy) is 3. The van der Waals surface area contributed by atoms with Crippen LogP contribution in [0.15, 0.2) is 48.5 Å². The average Bonchev–Trinajstić information content (AvgIpc) is 3.03. The summed E-state index contributed by atoms with van der Waals surface area (Å²) in [7, 11) is 1.59. The zero-order chi connectivity index (χ0) is 15.6. The summed E-state index contributed by atoms with van der Waals surface area (Å²) in [6.07, 6.45) is 3.79. The SMILES string of the molecule is COCOc1ccc2c(c1)OC(c1nc3ccccc3[nH]1)C=C2. The van der Waals surface area contributed by atoms with E-state index < -0.39 is 0 Å². The molecule has 0 saturated heterocycles. The molecular formula is C18H16N2O3. The van der Waals surface area contributed by atoms with E-state index in [4.69, 9.17) is 14.2 Å². The number of H-pyrrole nitrogens is 1. The van der Waals surface area contributed by atoms with E-state index in [1.165, 1.54) is 0 Å². The second-order valence-corrected chi connectivity index (χ2v) is 5.29. The molecule has 2 aromatic carbocycles. The number of hydrogen-bond donors (Lipinski definition) is 1.